The van der Waals surface area contributed by atoms with Crippen LogP contribution in [0.25, 0.3) is 0 Å². The third-order valence-electron chi connectivity index (χ3n) is 2.34. The first-order valence-corrected chi connectivity index (χ1v) is 5.41. The molecule has 88 valence electrons. The summed E-state index contributed by atoms with van der Waals surface area (Å²) in [4.78, 5) is 11.7. The molecule has 1 aromatic heterocycles. The number of anilines is 1. The zero-order chi connectivity index (χ0) is 12.3. The van der Waals surface area contributed by atoms with Crippen molar-refractivity contribution in [1.29, 1.82) is 0 Å². The van der Waals surface area contributed by atoms with Gasteiger partial charge in [0.1, 0.15) is 6.26 Å². The molecule has 4 heteroatoms. The van der Waals surface area contributed by atoms with Crippen LogP contribution in [-0.2, 0) is 11.2 Å². The molecule has 0 aliphatic rings. The zero-order valence-electron chi connectivity index (χ0n) is 9.86. The van der Waals surface area contributed by atoms with E-state index in [1.807, 2.05) is 26.0 Å². The van der Waals surface area contributed by atoms with Gasteiger partial charge >= 0.3 is 0 Å². The molecule has 17 heavy (non-hydrogen) atoms. The van der Waals surface area contributed by atoms with Crippen LogP contribution in [0, 0.1) is 13.8 Å². The second kappa shape index (κ2) is 4.82. The van der Waals surface area contributed by atoms with E-state index < -0.39 is 0 Å². The van der Waals surface area contributed by atoms with Gasteiger partial charge in [0.15, 0.2) is 0 Å². The Hall–Kier alpha value is -2.10. The first-order valence-electron chi connectivity index (χ1n) is 5.41. The summed E-state index contributed by atoms with van der Waals surface area (Å²) in [6, 6.07) is 7.62. The number of aromatic nitrogens is 1. The molecule has 0 saturated heterocycles. The van der Waals surface area contributed by atoms with Gasteiger partial charge in [0.05, 0.1) is 12.1 Å². The standard InChI is InChI=1S/C13H14N2O2/c1-9-5-10(2)7-12(6-9)14-13(16)8-11-3-4-17-15-11/h3-7H,8H2,1-2H3,(H,14,16). The van der Waals surface area contributed by atoms with E-state index in [4.69, 9.17) is 0 Å². The van der Waals surface area contributed by atoms with Crippen molar-refractivity contribution >= 4 is 11.6 Å². The topological polar surface area (TPSA) is 55.1 Å². The third-order valence-corrected chi connectivity index (χ3v) is 2.34. The normalized spacial score (nSPS) is 10.2. The Morgan fingerprint density at radius 1 is 1.29 bits per heavy atom. The van der Waals surface area contributed by atoms with Crippen LogP contribution in [0.5, 0.6) is 0 Å². The van der Waals surface area contributed by atoms with Gasteiger partial charge < -0.3 is 9.84 Å². The van der Waals surface area contributed by atoms with Gasteiger partial charge in [-0.05, 0) is 37.1 Å². The number of nitrogens with one attached hydrogen (secondary N) is 1. The minimum atomic E-state index is -0.0936. The van der Waals surface area contributed by atoms with Crippen molar-refractivity contribution in [2.45, 2.75) is 20.3 Å². The van der Waals surface area contributed by atoms with E-state index in [-0.39, 0.29) is 12.3 Å². The largest absolute Gasteiger partial charge is 0.364 e. The van der Waals surface area contributed by atoms with E-state index in [1.165, 1.54) is 6.26 Å². The van der Waals surface area contributed by atoms with Crippen LogP contribution < -0.4 is 5.32 Å². The fourth-order valence-electron chi connectivity index (χ4n) is 1.75. The average molecular weight is 230 g/mol. The number of hydrogen-bond donors (Lipinski definition) is 1. The van der Waals surface area contributed by atoms with Gasteiger partial charge in [-0.1, -0.05) is 11.2 Å². The van der Waals surface area contributed by atoms with Crippen LogP contribution in [0.2, 0.25) is 0 Å². The lowest BCUT2D eigenvalue weighted by Crippen LogP contribution is -2.14. The molecule has 0 aliphatic carbocycles. The van der Waals surface area contributed by atoms with Gasteiger partial charge in [-0.15, -0.1) is 0 Å². The van der Waals surface area contributed by atoms with Crippen molar-refractivity contribution in [2.75, 3.05) is 5.32 Å². The molecule has 0 bridgehead atoms. The Bertz CT molecular complexity index is 498. The zero-order valence-corrected chi connectivity index (χ0v) is 9.86. The molecule has 0 saturated carbocycles. The molecule has 2 aromatic rings. The predicted molar refractivity (Wildman–Crippen MR) is 64.8 cm³/mol. The summed E-state index contributed by atoms with van der Waals surface area (Å²) in [5.74, 6) is -0.0936. The minimum Gasteiger partial charge on any atom is -0.364 e. The van der Waals surface area contributed by atoms with E-state index in [1.54, 1.807) is 6.07 Å². The Kier molecular flexibility index (Phi) is 3.23. The molecule has 1 amide bonds. The fraction of sp³-hybridized carbons (Fsp3) is 0.231. The maximum absolute atomic E-state index is 11.7. The summed E-state index contributed by atoms with van der Waals surface area (Å²) < 4.78 is 4.67. The smallest absolute Gasteiger partial charge is 0.230 e. The molecular weight excluding hydrogens is 216 g/mol. The molecule has 2 rings (SSSR count). The maximum atomic E-state index is 11.7. The summed E-state index contributed by atoms with van der Waals surface area (Å²) in [7, 11) is 0. The number of nitrogens with zero attached hydrogens (tertiary/aromatic N) is 1. The Labute approximate surface area is 99.6 Å². The number of amides is 1. The van der Waals surface area contributed by atoms with Gasteiger partial charge in [-0.25, -0.2) is 0 Å². The number of rotatable bonds is 3. The fourth-order valence-corrected chi connectivity index (χ4v) is 1.75. The highest BCUT2D eigenvalue weighted by Gasteiger charge is 2.06. The predicted octanol–water partition coefficient (Wildman–Crippen LogP) is 2.47. The van der Waals surface area contributed by atoms with Crippen LogP contribution in [0.15, 0.2) is 35.1 Å². The van der Waals surface area contributed by atoms with Crippen molar-refractivity contribution in [1.82, 2.24) is 5.16 Å². The molecule has 0 radical (unpaired) electrons. The van der Waals surface area contributed by atoms with E-state index in [9.17, 15) is 4.79 Å². The summed E-state index contributed by atoms with van der Waals surface area (Å²) in [5.41, 5.74) is 3.70. The second-order valence-corrected chi connectivity index (χ2v) is 4.09. The number of benzene rings is 1. The van der Waals surface area contributed by atoms with E-state index in [0.29, 0.717) is 5.69 Å². The van der Waals surface area contributed by atoms with Gasteiger partial charge in [0.2, 0.25) is 5.91 Å². The minimum absolute atomic E-state index is 0.0936. The lowest BCUT2D eigenvalue weighted by molar-refractivity contribution is -0.115. The lowest BCUT2D eigenvalue weighted by Gasteiger charge is -2.06. The Morgan fingerprint density at radius 3 is 2.59 bits per heavy atom. The van der Waals surface area contributed by atoms with Gasteiger partial charge in [0, 0.05) is 11.8 Å². The van der Waals surface area contributed by atoms with Gasteiger partial charge in [0.25, 0.3) is 0 Å². The molecule has 0 unspecified atom stereocenters. The number of hydrogen-bond acceptors (Lipinski definition) is 3. The number of aryl methyl sites for hydroxylation is 2. The van der Waals surface area contributed by atoms with Crippen molar-refractivity contribution in [3.8, 4) is 0 Å². The Morgan fingerprint density at radius 2 is 2.00 bits per heavy atom. The second-order valence-electron chi connectivity index (χ2n) is 4.09. The monoisotopic (exact) mass is 230 g/mol. The van der Waals surface area contributed by atoms with Gasteiger partial charge in [-0.2, -0.15) is 0 Å². The first-order chi connectivity index (χ1) is 8.13. The average Bonchev–Trinajstić information content (AvgIpc) is 2.67. The molecule has 1 N–H and O–H groups in total. The Balaban J connectivity index is 2.03. The van der Waals surface area contributed by atoms with Crippen LogP contribution in [0.4, 0.5) is 5.69 Å². The third kappa shape index (κ3) is 3.17. The van der Waals surface area contributed by atoms with Crippen molar-refractivity contribution in [2.24, 2.45) is 0 Å². The van der Waals surface area contributed by atoms with Gasteiger partial charge in [-0.3, -0.25) is 4.79 Å². The van der Waals surface area contributed by atoms with E-state index in [2.05, 4.69) is 21.1 Å². The molecule has 0 fully saturated rings. The summed E-state index contributed by atoms with van der Waals surface area (Å²) in [6.07, 6.45) is 1.68. The summed E-state index contributed by atoms with van der Waals surface area (Å²) in [5, 5.41) is 6.54. The number of carbonyl (C=O) groups is 1. The molecule has 4 nitrogen and oxygen atoms in total. The summed E-state index contributed by atoms with van der Waals surface area (Å²) in [6.45, 7) is 4.00. The molecule has 0 atom stereocenters. The molecule has 1 aromatic carbocycles. The highest BCUT2D eigenvalue weighted by molar-refractivity contribution is 5.92. The number of carbonyl (C=O) groups excluding carboxylic acids is 1. The SMILES string of the molecule is Cc1cc(C)cc(NC(=O)Cc2ccon2)c1. The van der Waals surface area contributed by atoms with Crippen LogP contribution >= 0.6 is 0 Å². The summed E-state index contributed by atoms with van der Waals surface area (Å²) >= 11 is 0. The highest BCUT2D eigenvalue weighted by Crippen LogP contribution is 2.14. The highest BCUT2D eigenvalue weighted by atomic mass is 16.5. The molecule has 0 spiro atoms. The van der Waals surface area contributed by atoms with Crippen molar-refractivity contribution in [3.05, 3.63) is 47.3 Å². The van der Waals surface area contributed by atoms with Crippen LogP contribution in [-0.4, -0.2) is 11.1 Å². The maximum Gasteiger partial charge on any atom is 0.230 e. The van der Waals surface area contributed by atoms with E-state index >= 15 is 0 Å². The van der Waals surface area contributed by atoms with Crippen LogP contribution in [0.3, 0.4) is 0 Å². The van der Waals surface area contributed by atoms with E-state index in [0.717, 1.165) is 16.8 Å². The van der Waals surface area contributed by atoms with Crippen molar-refractivity contribution < 1.29 is 9.32 Å². The quantitative estimate of drug-likeness (QED) is 0.881. The molecule has 1 heterocycles. The molecular formula is C13H14N2O2. The van der Waals surface area contributed by atoms with Crippen LogP contribution in [0.1, 0.15) is 16.8 Å². The lowest BCUT2D eigenvalue weighted by atomic mass is 10.1. The van der Waals surface area contributed by atoms with Crippen molar-refractivity contribution in [3.63, 3.8) is 0 Å². The first kappa shape index (κ1) is 11.4. The molecule has 0 aliphatic heterocycles.